The van der Waals surface area contributed by atoms with Crippen LogP contribution >= 0.6 is 11.3 Å². The highest BCUT2D eigenvalue weighted by Gasteiger charge is 2.25. The molecule has 1 unspecified atom stereocenters. The lowest BCUT2D eigenvalue weighted by atomic mass is 9.93. The maximum absolute atomic E-state index is 12.5. The molecule has 0 saturated carbocycles. The van der Waals surface area contributed by atoms with Crippen molar-refractivity contribution >= 4 is 23.2 Å². The van der Waals surface area contributed by atoms with Crippen LogP contribution in [0.2, 0.25) is 0 Å². The normalized spacial score (nSPS) is 18.9. The third-order valence-electron chi connectivity index (χ3n) is 4.16. The molecule has 1 aromatic heterocycles. The molecule has 1 atom stereocenters. The van der Waals surface area contributed by atoms with Gasteiger partial charge in [-0.15, -0.1) is 11.3 Å². The van der Waals surface area contributed by atoms with Crippen LogP contribution in [0.5, 0.6) is 0 Å². The average Bonchev–Trinajstić information content (AvgIpc) is 2.94. The van der Waals surface area contributed by atoms with Crippen molar-refractivity contribution in [1.82, 2.24) is 9.88 Å². The Labute approximate surface area is 141 Å². The minimum absolute atomic E-state index is 0.0129. The van der Waals surface area contributed by atoms with Crippen LogP contribution in [0.15, 0.2) is 5.38 Å². The van der Waals surface area contributed by atoms with E-state index < -0.39 is 5.97 Å². The van der Waals surface area contributed by atoms with E-state index in [1.54, 1.807) is 11.3 Å². The first-order chi connectivity index (χ1) is 10.8. The molecule has 1 amide bonds. The van der Waals surface area contributed by atoms with Crippen molar-refractivity contribution in [3.05, 3.63) is 16.1 Å². The first kappa shape index (κ1) is 17.9. The lowest BCUT2D eigenvalue weighted by molar-refractivity contribution is -0.137. The number of thiazole rings is 1. The zero-order chi connectivity index (χ0) is 17.0. The topological polar surface area (TPSA) is 70.5 Å². The van der Waals surface area contributed by atoms with Gasteiger partial charge in [-0.25, -0.2) is 4.98 Å². The van der Waals surface area contributed by atoms with Crippen LogP contribution in [0, 0.1) is 5.92 Å². The van der Waals surface area contributed by atoms with Gasteiger partial charge in [-0.2, -0.15) is 0 Å². The zero-order valence-electron chi connectivity index (χ0n) is 14.2. The van der Waals surface area contributed by atoms with Crippen molar-refractivity contribution in [1.29, 1.82) is 0 Å². The predicted molar refractivity (Wildman–Crippen MR) is 90.7 cm³/mol. The Bertz CT molecular complexity index is 562. The van der Waals surface area contributed by atoms with Gasteiger partial charge in [0.2, 0.25) is 5.91 Å². The molecule has 6 heteroatoms. The van der Waals surface area contributed by atoms with Crippen molar-refractivity contribution in [3.63, 3.8) is 0 Å². The highest BCUT2D eigenvalue weighted by molar-refractivity contribution is 7.09. The summed E-state index contributed by atoms with van der Waals surface area (Å²) in [4.78, 5) is 29.6. The van der Waals surface area contributed by atoms with Crippen LogP contribution in [-0.2, 0) is 21.4 Å². The molecule has 23 heavy (non-hydrogen) atoms. The van der Waals surface area contributed by atoms with Gasteiger partial charge in [0.25, 0.3) is 0 Å². The summed E-state index contributed by atoms with van der Waals surface area (Å²) >= 11 is 1.61. The molecular weight excluding hydrogens is 312 g/mol. The highest BCUT2D eigenvalue weighted by atomic mass is 32.1. The van der Waals surface area contributed by atoms with E-state index in [0.29, 0.717) is 25.3 Å². The Kier molecular flexibility index (Phi) is 5.79. The summed E-state index contributed by atoms with van der Waals surface area (Å²) in [6.45, 7) is 7.82. The van der Waals surface area contributed by atoms with E-state index in [2.05, 4.69) is 25.8 Å². The molecule has 1 aliphatic rings. The van der Waals surface area contributed by atoms with Crippen molar-refractivity contribution in [2.75, 3.05) is 13.1 Å². The number of nitrogens with zero attached hydrogens (tertiary/aromatic N) is 2. The Hall–Kier alpha value is -1.43. The first-order valence-corrected chi connectivity index (χ1v) is 9.08. The second kappa shape index (κ2) is 7.43. The minimum Gasteiger partial charge on any atom is -0.481 e. The summed E-state index contributed by atoms with van der Waals surface area (Å²) < 4.78 is 0. The van der Waals surface area contributed by atoms with E-state index in [-0.39, 0.29) is 17.7 Å². The maximum atomic E-state index is 12.5. The average molecular weight is 338 g/mol. The summed E-state index contributed by atoms with van der Waals surface area (Å²) in [5.41, 5.74) is 0.858. The van der Waals surface area contributed by atoms with E-state index >= 15 is 0 Å². The Morgan fingerprint density at radius 3 is 2.78 bits per heavy atom. The van der Waals surface area contributed by atoms with Gasteiger partial charge in [0.05, 0.1) is 17.1 Å². The maximum Gasteiger partial charge on any atom is 0.303 e. The van der Waals surface area contributed by atoms with Gasteiger partial charge in [0.1, 0.15) is 0 Å². The molecule has 0 spiro atoms. The highest BCUT2D eigenvalue weighted by Crippen LogP contribution is 2.26. The summed E-state index contributed by atoms with van der Waals surface area (Å²) in [7, 11) is 0. The first-order valence-electron chi connectivity index (χ1n) is 8.20. The molecule has 1 aromatic rings. The van der Waals surface area contributed by atoms with Crippen LogP contribution in [0.25, 0.3) is 0 Å². The number of carboxylic acids is 1. The Morgan fingerprint density at radius 1 is 1.43 bits per heavy atom. The molecule has 0 radical (unpaired) electrons. The lowest BCUT2D eigenvalue weighted by Gasteiger charge is -2.32. The second-order valence-corrected chi connectivity index (χ2v) is 8.21. The van der Waals surface area contributed by atoms with Crippen LogP contribution < -0.4 is 0 Å². The van der Waals surface area contributed by atoms with Crippen LogP contribution in [0.3, 0.4) is 0 Å². The fourth-order valence-corrected chi connectivity index (χ4v) is 3.76. The molecule has 128 valence electrons. The Morgan fingerprint density at radius 2 is 2.17 bits per heavy atom. The largest absolute Gasteiger partial charge is 0.481 e. The number of carbonyl (C=O) groups excluding carboxylic acids is 1. The third kappa shape index (κ3) is 5.30. The second-order valence-electron chi connectivity index (χ2n) is 7.35. The van der Waals surface area contributed by atoms with Crippen molar-refractivity contribution in [2.45, 2.75) is 58.3 Å². The molecule has 1 aliphatic heterocycles. The molecule has 1 N–H and O–H groups in total. The summed E-state index contributed by atoms with van der Waals surface area (Å²) in [6, 6.07) is 0. The summed E-state index contributed by atoms with van der Waals surface area (Å²) in [5.74, 6) is -0.342. The molecule has 0 bridgehead atoms. The number of hydrogen-bond donors (Lipinski definition) is 1. The fourth-order valence-electron chi connectivity index (χ4n) is 2.85. The molecule has 0 aliphatic carbocycles. The quantitative estimate of drug-likeness (QED) is 0.895. The molecule has 1 fully saturated rings. The number of piperidine rings is 1. The number of likely N-dealkylation sites (tertiary alicyclic amines) is 1. The van der Waals surface area contributed by atoms with Gasteiger partial charge < -0.3 is 10.0 Å². The number of carboxylic acid groups (broad SMARTS) is 1. The van der Waals surface area contributed by atoms with Crippen LogP contribution in [0.1, 0.15) is 57.2 Å². The summed E-state index contributed by atoms with van der Waals surface area (Å²) in [6.07, 6.45) is 3.16. The molecule has 0 aromatic carbocycles. The zero-order valence-corrected chi connectivity index (χ0v) is 15.0. The van der Waals surface area contributed by atoms with Gasteiger partial charge in [-0.1, -0.05) is 20.8 Å². The summed E-state index contributed by atoms with van der Waals surface area (Å²) in [5, 5.41) is 11.8. The fraction of sp³-hybridized carbons (Fsp3) is 0.706. The van der Waals surface area contributed by atoms with E-state index in [1.165, 1.54) is 0 Å². The predicted octanol–water partition coefficient (Wildman–Crippen LogP) is 3.09. The Balaban J connectivity index is 1.89. The number of aliphatic carboxylic acids is 1. The number of carbonyl (C=O) groups is 2. The van der Waals surface area contributed by atoms with E-state index in [4.69, 9.17) is 5.11 Å². The van der Waals surface area contributed by atoms with Gasteiger partial charge in [-0.05, 0) is 25.2 Å². The number of amides is 1. The molecule has 2 rings (SSSR count). The van der Waals surface area contributed by atoms with Gasteiger partial charge in [0, 0.05) is 30.3 Å². The molecule has 1 saturated heterocycles. The number of aromatic nitrogens is 1. The van der Waals surface area contributed by atoms with E-state index in [1.807, 2.05) is 10.3 Å². The van der Waals surface area contributed by atoms with E-state index in [0.717, 1.165) is 30.1 Å². The van der Waals surface area contributed by atoms with E-state index in [9.17, 15) is 9.59 Å². The van der Waals surface area contributed by atoms with Crippen LogP contribution in [-0.4, -0.2) is 40.0 Å². The van der Waals surface area contributed by atoms with Gasteiger partial charge >= 0.3 is 5.97 Å². The molecule has 5 nitrogen and oxygen atoms in total. The SMILES string of the molecule is CC(C)(C)c1nc(CC(=O)N2CCCC(CCC(=O)O)C2)cs1. The molecular formula is C17H26N2O3S. The smallest absolute Gasteiger partial charge is 0.303 e. The number of hydrogen-bond acceptors (Lipinski definition) is 4. The van der Waals surface area contributed by atoms with Crippen LogP contribution in [0.4, 0.5) is 0 Å². The molecule has 2 heterocycles. The monoisotopic (exact) mass is 338 g/mol. The van der Waals surface area contributed by atoms with Crippen molar-refractivity contribution in [2.24, 2.45) is 5.92 Å². The minimum atomic E-state index is -0.759. The number of rotatable bonds is 5. The third-order valence-corrected chi connectivity index (χ3v) is 5.48. The lowest BCUT2D eigenvalue weighted by Crippen LogP contribution is -2.40. The van der Waals surface area contributed by atoms with Gasteiger partial charge in [-0.3, -0.25) is 9.59 Å². The standard InChI is InChI=1S/C17H26N2O3S/c1-17(2,3)16-18-13(11-23-16)9-14(20)19-8-4-5-12(10-19)6-7-15(21)22/h11-12H,4-10H2,1-3H3,(H,21,22). The van der Waals surface area contributed by atoms with Crippen molar-refractivity contribution in [3.8, 4) is 0 Å². The van der Waals surface area contributed by atoms with Gasteiger partial charge in [0.15, 0.2) is 0 Å². The van der Waals surface area contributed by atoms with Crippen molar-refractivity contribution < 1.29 is 14.7 Å².